The highest BCUT2D eigenvalue weighted by molar-refractivity contribution is 6.01. The summed E-state index contributed by atoms with van der Waals surface area (Å²) >= 11 is 0. The van der Waals surface area contributed by atoms with Crippen LogP contribution in [0.2, 0.25) is 0 Å². The molecular weight excluding hydrogens is 309 g/mol. The molecule has 3 N–H and O–H groups in total. The second kappa shape index (κ2) is 6.11. The summed E-state index contributed by atoms with van der Waals surface area (Å²) in [5.41, 5.74) is 2.87. The van der Waals surface area contributed by atoms with Crippen molar-refractivity contribution < 1.29 is 13.2 Å². The molecule has 23 heavy (non-hydrogen) atoms. The van der Waals surface area contributed by atoms with E-state index in [1.165, 1.54) is 18.5 Å². The lowest BCUT2D eigenvalue weighted by Gasteiger charge is -2.17. The maximum Gasteiger partial charge on any atom is 0.418 e. The van der Waals surface area contributed by atoms with Gasteiger partial charge in [0, 0.05) is 23.7 Å². The second-order valence-corrected chi connectivity index (χ2v) is 4.81. The summed E-state index contributed by atoms with van der Waals surface area (Å²) in [6.45, 7) is 0.551. The number of anilines is 1. The summed E-state index contributed by atoms with van der Waals surface area (Å²) in [5.74, 6) is 0.318. The van der Waals surface area contributed by atoms with Crippen LogP contribution in [0, 0.1) is 0 Å². The average molecular weight is 322 g/mol. The standard InChI is InChI=1S/C14H13F3N6/c15-14(16,17)11-7-9(13-18-5-6-21-23-13)1-2-12(11)19-8-10-3-4-20-22-10/h1-4,6-7,19H,5,8H2,(H,18,23)(H,20,22). The molecule has 6 nitrogen and oxygen atoms in total. The van der Waals surface area contributed by atoms with Gasteiger partial charge in [0.15, 0.2) is 0 Å². The summed E-state index contributed by atoms with van der Waals surface area (Å²) in [5, 5.41) is 13.0. The number of benzene rings is 1. The van der Waals surface area contributed by atoms with Crippen LogP contribution in [0.3, 0.4) is 0 Å². The number of nitrogens with one attached hydrogen (secondary N) is 3. The maximum absolute atomic E-state index is 13.3. The van der Waals surface area contributed by atoms with E-state index in [1.54, 1.807) is 12.1 Å². The molecule has 1 aliphatic rings. The van der Waals surface area contributed by atoms with Crippen molar-refractivity contribution in [2.45, 2.75) is 12.7 Å². The Morgan fingerprint density at radius 2 is 2.09 bits per heavy atom. The van der Waals surface area contributed by atoms with Gasteiger partial charge < -0.3 is 5.32 Å². The molecule has 120 valence electrons. The normalized spacial score (nSPS) is 14.3. The van der Waals surface area contributed by atoms with Crippen LogP contribution < -0.4 is 10.7 Å². The highest BCUT2D eigenvalue weighted by Gasteiger charge is 2.34. The molecule has 0 aliphatic carbocycles. The van der Waals surface area contributed by atoms with E-state index in [9.17, 15) is 13.2 Å². The van der Waals surface area contributed by atoms with Crippen molar-refractivity contribution in [3.05, 3.63) is 47.3 Å². The van der Waals surface area contributed by atoms with Crippen LogP contribution in [0.15, 0.2) is 40.6 Å². The Labute approximate surface area is 129 Å². The van der Waals surface area contributed by atoms with Crippen molar-refractivity contribution in [2.75, 3.05) is 11.9 Å². The first-order chi connectivity index (χ1) is 11.0. The molecule has 0 bridgehead atoms. The molecule has 2 heterocycles. The number of aromatic nitrogens is 2. The molecule has 3 rings (SSSR count). The van der Waals surface area contributed by atoms with Gasteiger partial charge in [0.25, 0.3) is 0 Å². The first-order valence-corrected chi connectivity index (χ1v) is 6.80. The largest absolute Gasteiger partial charge is 0.418 e. The first kappa shape index (κ1) is 15.1. The van der Waals surface area contributed by atoms with E-state index < -0.39 is 11.7 Å². The Hall–Kier alpha value is -2.84. The highest BCUT2D eigenvalue weighted by atomic mass is 19.4. The van der Waals surface area contributed by atoms with Gasteiger partial charge in [-0.1, -0.05) is 0 Å². The molecule has 9 heteroatoms. The quantitative estimate of drug-likeness (QED) is 0.809. The Morgan fingerprint density at radius 1 is 1.22 bits per heavy atom. The SMILES string of the molecule is FC(F)(F)c1cc(C2=NCC=NN2)ccc1NCc1ccn[nH]1. The molecule has 0 fully saturated rings. The summed E-state index contributed by atoms with van der Waals surface area (Å²) in [6.07, 6.45) is -1.41. The number of hydrazone groups is 1. The van der Waals surface area contributed by atoms with Crippen molar-refractivity contribution in [1.29, 1.82) is 0 Å². The van der Waals surface area contributed by atoms with Crippen LogP contribution >= 0.6 is 0 Å². The zero-order valence-corrected chi connectivity index (χ0v) is 11.9. The molecule has 1 aromatic heterocycles. The number of aliphatic imine (C=N–C) groups is 1. The average Bonchev–Trinajstić information content (AvgIpc) is 3.06. The smallest absolute Gasteiger partial charge is 0.379 e. The fraction of sp³-hybridized carbons (Fsp3) is 0.214. The molecule has 0 spiro atoms. The number of H-pyrrole nitrogens is 1. The number of nitrogens with zero attached hydrogens (tertiary/aromatic N) is 3. The highest BCUT2D eigenvalue weighted by Crippen LogP contribution is 2.35. The molecule has 1 aliphatic heterocycles. The summed E-state index contributed by atoms with van der Waals surface area (Å²) in [6, 6.07) is 5.70. The number of hydrogen-bond donors (Lipinski definition) is 3. The number of halogens is 3. The third kappa shape index (κ3) is 3.50. The van der Waals surface area contributed by atoms with Crippen molar-refractivity contribution in [2.24, 2.45) is 10.1 Å². The van der Waals surface area contributed by atoms with Crippen LogP contribution in [0.25, 0.3) is 0 Å². The number of amidine groups is 1. The fourth-order valence-electron chi connectivity index (χ4n) is 2.12. The van der Waals surface area contributed by atoms with Crippen LogP contribution in [-0.4, -0.2) is 28.8 Å². The van der Waals surface area contributed by atoms with Crippen molar-refractivity contribution >= 4 is 17.7 Å². The molecule has 1 aromatic carbocycles. The van der Waals surface area contributed by atoms with Gasteiger partial charge in [-0.05, 0) is 24.3 Å². The van der Waals surface area contributed by atoms with Gasteiger partial charge in [0.05, 0.1) is 24.3 Å². The Bertz CT molecular complexity index is 733. The number of hydrogen-bond acceptors (Lipinski definition) is 5. The molecule has 2 aromatic rings. The zero-order chi connectivity index (χ0) is 16.3. The lowest BCUT2D eigenvalue weighted by Crippen LogP contribution is -2.24. The van der Waals surface area contributed by atoms with Crippen molar-refractivity contribution in [3.8, 4) is 0 Å². The van der Waals surface area contributed by atoms with Gasteiger partial charge in [0.2, 0.25) is 0 Å². The van der Waals surface area contributed by atoms with E-state index in [0.29, 0.717) is 23.6 Å². The summed E-state index contributed by atoms with van der Waals surface area (Å²) < 4.78 is 39.9. The van der Waals surface area contributed by atoms with E-state index in [-0.39, 0.29) is 12.2 Å². The van der Waals surface area contributed by atoms with Crippen LogP contribution in [0.1, 0.15) is 16.8 Å². The minimum absolute atomic E-state index is 0.00393. The van der Waals surface area contributed by atoms with E-state index in [4.69, 9.17) is 0 Å². The van der Waals surface area contributed by atoms with Gasteiger partial charge in [-0.3, -0.25) is 15.5 Å². The maximum atomic E-state index is 13.3. The first-order valence-electron chi connectivity index (χ1n) is 6.80. The molecule has 0 amide bonds. The van der Waals surface area contributed by atoms with Crippen molar-refractivity contribution in [3.63, 3.8) is 0 Å². The molecule has 0 saturated heterocycles. The minimum Gasteiger partial charge on any atom is -0.379 e. The third-order valence-corrected chi connectivity index (χ3v) is 3.22. The van der Waals surface area contributed by atoms with E-state index in [1.807, 2.05) is 0 Å². The van der Waals surface area contributed by atoms with Gasteiger partial charge >= 0.3 is 6.18 Å². The second-order valence-electron chi connectivity index (χ2n) is 4.81. The predicted octanol–water partition coefficient (Wildman–Crippen LogP) is 2.38. The molecule has 0 saturated carbocycles. The molecule has 0 unspecified atom stereocenters. The van der Waals surface area contributed by atoms with Crippen LogP contribution in [0.5, 0.6) is 0 Å². The Kier molecular flexibility index (Phi) is 4.00. The predicted molar refractivity (Wildman–Crippen MR) is 80.4 cm³/mol. The summed E-state index contributed by atoms with van der Waals surface area (Å²) in [7, 11) is 0. The molecule has 0 radical (unpaired) electrons. The lowest BCUT2D eigenvalue weighted by atomic mass is 10.1. The topological polar surface area (TPSA) is 77.5 Å². The van der Waals surface area contributed by atoms with Gasteiger partial charge in [-0.15, -0.1) is 0 Å². The molecule has 0 atom stereocenters. The third-order valence-electron chi connectivity index (χ3n) is 3.22. The molecular formula is C14H13F3N6. The number of rotatable bonds is 4. The van der Waals surface area contributed by atoms with Crippen LogP contribution in [0.4, 0.5) is 18.9 Å². The number of alkyl halides is 3. The zero-order valence-electron chi connectivity index (χ0n) is 11.9. The van der Waals surface area contributed by atoms with E-state index in [2.05, 4.69) is 31.0 Å². The van der Waals surface area contributed by atoms with Crippen molar-refractivity contribution in [1.82, 2.24) is 15.6 Å². The van der Waals surface area contributed by atoms with Gasteiger partial charge in [0.1, 0.15) is 5.84 Å². The van der Waals surface area contributed by atoms with Crippen LogP contribution in [-0.2, 0) is 12.7 Å². The van der Waals surface area contributed by atoms with Gasteiger partial charge in [-0.25, -0.2) is 0 Å². The Balaban J connectivity index is 1.88. The van der Waals surface area contributed by atoms with E-state index >= 15 is 0 Å². The van der Waals surface area contributed by atoms with Gasteiger partial charge in [-0.2, -0.15) is 23.4 Å². The lowest BCUT2D eigenvalue weighted by molar-refractivity contribution is -0.137. The minimum atomic E-state index is -4.48. The monoisotopic (exact) mass is 322 g/mol. The summed E-state index contributed by atoms with van der Waals surface area (Å²) in [4.78, 5) is 4.09. The fourth-order valence-corrected chi connectivity index (χ4v) is 2.12. The van der Waals surface area contributed by atoms with E-state index in [0.717, 1.165) is 6.07 Å². The Morgan fingerprint density at radius 3 is 2.74 bits per heavy atom. The number of aromatic amines is 1.